The second-order valence-corrected chi connectivity index (χ2v) is 5.17. The van der Waals surface area contributed by atoms with Crippen LogP contribution in [0.4, 0.5) is 11.4 Å². The zero-order chi connectivity index (χ0) is 13.5. The van der Waals surface area contributed by atoms with Crippen LogP contribution in [-0.4, -0.2) is 51.3 Å². The van der Waals surface area contributed by atoms with E-state index in [-0.39, 0.29) is 0 Å². The maximum absolute atomic E-state index is 5.70. The Labute approximate surface area is 116 Å². The van der Waals surface area contributed by atoms with E-state index in [2.05, 4.69) is 29.0 Å². The van der Waals surface area contributed by atoms with Crippen molar-refractivity contribution in [2.24, 2.45) is 0 Å². The average molecular weight is 263 g/mol. The molecule has 1 saturated heterocycles. The van der Waals surface area contributed by atoms with E-state index in [9.17, 15) is 0 Å². The summed E-state index contributed by atoms with van der Waals surface area (Å²) < 4.78 is 5.47. The summed E-state index contributed by atoms with van der Waals surface area (Å²) >= 11 is 0. The fraction of sp³-hybridized carbons (Fsp3) is 0.600. The van der Waals surface area contributed by atoms with Crippen LogP contribution in [-0.2, 0) is 4.74 Å². The van der Waals surface area contributed by atoms with Crippen molar-refractivity contribution in [3.05, 3.63) is 24.3 Å². The summed E-state index contributed by atoms with van der Waals surface area (Å²) in [5.74, 6) is 0. The lowest BCUT2D eigenvalue weighted by atomic mass is 10.2. The highest BCUT2D eigenvalue weighted by Gasteiger charge is 2.09. The Balaban J connectivity index is 1.71. The van der Waals surface area contributed by atoms with Crippen molar-refractivity contribution in [3.63, 3.8) is 0 Å². The largest absolute Gasteiger partial charge is 0.399 e. The van der Waals surface area contributed by atoms with Crippen LogP contribution < -0.4 is 10.6 Å². The Hall–Kier alpha value is -1.26. The standard InChI is InChI=1S/C15H25N3O/c1-17(15-6-4-14(16)5-7-15)8-2-9-18-10-3-12-19-13-11-18/h4-7H,2-3,8-13,16H2,1H3. The molecule has 19 heavy (non-hydrogen) atoms. The molecule has 2 rings (SSSR count). The summed E-state index contributed by atoms with van der Waals surface area (Å²) in [6.45, 7) is 6.27. The average Bonchev–Trinajstić information content (AvgIpc) is 2.68. The van der Waals surface area contributed by atoms with E-state index < -0.39 is 0 Å². The third-order valence-corrected chi connectivity index (χ3v) is 3.62. The van der Waals surface area contributed by atoms with Gasteiger partial charge in [0.05, 0.1) is 6.61 Å². The van der Waals surface area contributed by atoms with E-state index in [0.29, 0.717) is 0 Å². The highest BCUT2D eigenvalue weighted by atomic mass is 16.5. The van der Waals surface area contributed by atoms with Gasteiger partial charge in [0.1, 0.15) is 0 Å². The SMILES string of the molecule is CN(CCCN1CCCOCC1)c1ccc(N)cc1. The van der Waals surface area contributed by atoms with Gasteiger partial charge in [0.2, 0.25) is 0 Å². The molecule has 0 saturated carbocycles. The topological polar surface area (TPSA) is 41.7 Å². The normalized spacial score (nSPS) is 17.1. The second kappa shape index (κ2) is 7.36. The lowest BCUT2D eigenvalue weighted by Gasteiger charge is -2.23. The minimum Gasteiger partial charge on any atom is -0.399 e. The number of rotatable bonds is 5. The first-order valence-electron chi connectivity index (χ1n) is 7.12. The predicted molar refractivity (Wildman–Crippen MR) is 80.6 cm³/mol. The molecule has 2 N–H and O–H groups in total. The van der Waals surface area contributed by atoms with E-state index in [1.54, 1.807) is 0 Å². The van der Waals surface area contributed by atoms with Crippen LogP contribution in [0.5, 0.6) is 0 Å². The molecule has 0 bridgehead atoms. The number of anilines is 2. The Morgan fingerprint density at radius 1 is 1.21 bits per heavy atom. The van der Waals surface area contributed by atoms with Crippen LogP contribution in [0.1, 0.15) is 12.8 Å². The van der Waals surface area contributed by atoms with E-state index in [1.807, 2.05) is 12.1 Å². The minimum absolute atomic E-state index is 0.821. The first-order valence-corrected chi connectivity index (χ1v) is 7.12. The van der Waals surface area contributed by atoms with Crippen LogP contribution in [0.25, 0.3) is 0 Å². The Kier molecular flexibility index (Phi) is 5.48. The molecule has 4 nitrogen and oxygen atoms in total. The molecule has 0 radical (unpaired) electrons. The van der Waals surface area contributed by atoms with Gasteiger partial charge in [-0.05, 0) is 43.7 Å². The summed E-state index contributed by atoms with van der Waals surface area (Å²) in [4.78, 5) is 4.79. The van der Waals surface area contributed by atoms with E-state index in [4.69, 9.17) is 10.5 Å². The molecule has 0 aliphatic carbocycles. The molecule has 0 amide bonds. The summed E-state index contributed by atoms with van der Waals surface area (Å²) in [7, 11) is 2.14. The lowest BCUT2D eigenvalue weighted by Crippen LogP contribution is -2.30. The molecule has 0 atom stereocenters. The van der Waals surface area contributed by atoms with Crippen LogP contribution in [0, 0.1) is 0 Å². The summed E-state index contributed by atoms with van der Waals surface area (Å²) in [6, 6.07) is 8.07. The number of hydrogen-bond donors (Lipinski definition) is 1. The first-order chi connectivity index (χ1) is 9.25. The molecule has 0 spiro atoms. The van der Waals surface area contributed by atoms with Gasteiger partial charge in [-0.1, -0.05) is 0 Å². The monoisotopic (exact) mass is 263 g/mol. The van der Waals surface area contributed by atoms with Crippen molar-refractivity contribution in [2.45, 2.75) is 12.8 Å². The highest BCUT2D eigenvalue weighted by molar-refractivity contribution is 5.52. The molecule has 1 aliphatic heterocycles. The van der Waals surface area contributed by atoms with Crippen molar-refractivity contribution < 1.29 is 4.74 Å². The van der Waals surface area contributed by atoms with Crippen molar-refractivity contribution >= 4 is 11.4 Å². The fourth-order valence-electron chi connectivity index (χ4n) is 2.41. The van der Waals surface area contributed by atoms with Crippen LogP contribution in [0.3, 0.4) is 0 Å². The van der Waals surface area contributed by atoms with Gasteiger partial charge < -0.3 is 20.3 Å². The number of nitrogens with zero attached hydrogens (tertiary/aromatic N) is 2. The van der Waals surface area contributed by atoms with E-state index >= 15 is 0 Å². The number of nitrogen functional groups attached to an aromatic ring is 1. The van der Waals surface area contributed by atoms with Gasteiger partial charge in [0.15, 0.2) is 0 Å². The van der Waals surface area contributed by atoms with E-state index in [0.717, 1.165) is 45.0 Å². The van der Waals surface area contributed by atoms with Crippen LogP contribution >= 0.6 is 0 Å². The zero-order valence-corrected chi connectivity index (χ0v) is 11.8. The van der Waals surface area contributed by atoms with Gasteiger partial charge in [-0.15, -0.1) is 0 Å². The smallest absolute Gasteiger partial charge is 0.0593 e. The fourth-order valence-corrected chi connectivity index (χ4v) is 2.41. The van der Waals surface area contributed by atoms with Crippen molar-refractivity contribution in [3.8, 4) is 0 Å². The molecule has 1 aliphatic rings. The Bertz CT molecular complexity index is 358. The molecule has 0 unspecified atom stereocenters. The number of benzene rings is 1. The van der Waals surface area contributed by atoms with Gasteiger partial charge in [0.25, 0.3) is 0 Å². The Morgan fingerprint density at radius 2 is 2.00 bits per heavy atom. The van der Waals surface area contributed by atoms with Crippen molar-refractivity contribution in [1.29, 1.82) is 0 Å². The molecule has 106 valence electrons. The second-order valence-electron chi connectivity index (χ2n) is 5.17. The van der Waals surface area contributed by atoms with Crippen LogP contribution in [0.15, 0.2) is 24.3 Å². The number of ether oxygens (including phenoxy) is 1. The van der Waals surface area contributed by atoms with Gasteiger partial charge in [-0.2, -0.15) is 0 Å². The van der Waals surface area contributed by atoms with Gasteiger partial charge in [-0.3, -0.25) is 0 Å². The number of hydrogen-bond acceptors (Lipinski definition) is 4. The molecular formula is C15H25N3O. The molecule has 1 aromatic rings. The highest BCUT2D eigenvalue weighted by Crippen LogP contribution is 2.15. The Morgan fingerprint density at radius 3 is 2.79 bits per heavy atom. The maximum atomic E-state index is 5.70. The van der Waals surface area contributed by atoms with Crippen molar-refractivity contribution in [2.75, 3.05) is 57.1 Å². The molecule has 1 fully saturated rings. The van der Waals surface area contributed by atoms with E-state index in [1.165, 1.54) is 18.7 Å². The van der Waals surface area contributed by atoms with Gasteiger partial charge in [-0.25, -0.2) is 0 Å². The van der Waals surface area contributed by atoms with Crippen LogP contribution in [0.2, 0.25) is 0 Å². The molecule has 0 aromatic heterocycles. The van der Waals surface area contributed by atoms with Gasteiger partial charge >= 0.3 is 0 Å². The third kappa shape index (κ3) is 4.73. The molecular weight excluding hydrogens is 238 g/mol. The summed E-state index contributed by atoms with van der Waals surface area (Å²) in [6.07, 6.45) is 2.34. The summed E-state index contributed by atoms with van der Waals surface area (Å²) in [5.41, 5.74) is 7.75. The van der Waals surface area contributed by atoms with Gasteiger partial charge in [0, 0.05) is 44.7 Å². The zero-order valence-electron chi connectivity index (χ0n) is 11.8. The predicted octanol–water partition coefficient (Wildman–Crippen LogP) is 1.82. The van der Waals surface area contributed by atoms with Crippen molar-refractivity contribution in [1.82, 2.24) is 4.90 Å². The quantitative estimate of drug-likeness (QED) is 0.823. The lowest BCUT2D eigenvalue weighted by molar-refractivity contribution is 0.141. The first kappa shape index (κ1) is 14.2. The minimum atomic E-state index is 0.821. The molecule has 1 heterocycles. The maximum Gasteiger partial charge on any atom is 0.0593 e. The molecule has 4 heteroatoms. The molecule has 1 aromatic carbocycles. The number of nitrogens with two attached hydrogens (primary N) is 1. The summed E-state index contributed by atoms with van der Waals surface area (Å²) in [5, 5.41) is 0. The third-order valence-electron chi connectivity index (χ3n) is 3.62.